The Bertz CT molecular complexity index is 1260. The number of halogens is 3. The number of carbonyl (C=O) groups excluding carboxylic acids is 1. The SMILES string of the molecule is Cc1ccc(NC(=O)c2ccnnc2C(F)(F)F)cc1-c1cnc(N2CCNCC2)c(C#N)c1. The molecule has 1 saturated heterocycles. The molecule has 0 saturated carbocycles. The predicted octanol–water partition coefficient (Wildman–Crippen LogP) is 3.40. The maximum atomic E-state index is 13.2. The van der Waals surface area contributed by atoms with E-state index in [-0.39, 0.29) is 0 Å². The number of hydrogen-bond acceptors (Lipinski definition) is 7. The van der Waals surface area contributed by atoms with Gasteiger partial charge >= 0.3 is 6.18 Å². The minimum absolute atomic E-state index is 0.292. The predicted molar refractivity (Wildman–Crippen MR) is 119 cm³/mol. The number of anilines is 2. The van der Waals surface area contributed by atoms with Gasteiger partial charge in [0, 0.05) is 43.6 Å². The number of nitriles is 1. The van der Waals surface area contributed by atoms with Crippen molar-refractivity contribution in [2.24, 2.45) is 0 Å². The molecule has 1 fully saturated rings. The van der Waals surface area contributed by atoms with E-state index in [1.165, 1.54) is 0 Å². The van der Waals surface area contributed by atoms with Crippen LogP contribution in [0.3, 0.4) is 0 Å². The van der Waals surface area contributed by atoms with Crippen LogP contribution >= 0.6 is 0 Å². The van der Waals surface area contributed by atoms with E-state index in [2.05, 4.69) is 31.9 Å². The van der Waals surface area contributed by atoms with Crippen LogP contribution in [0.1, 0.15) is 27.2 Å². The summed E-state index contributed by atoms with van der Waals surface area (Å²) in [5.41, 5.74) is 0.930. The van der Waals surface area contributed by atoms with Crippen molar-refractivity contribution < 1.29 is 18.0 Å². The Morgan fingerprint density at radius 1 is 1.21 bits per heavy atom. The molecule has 34 heavy (non-hydrogen) atoms. The summed E-state index contributed by atoms with van der Waals surface area (Å²) in [5, 5.41) is 21.7. The largest absolute Gasteiger partial charge is 0.435 e. The number of alkyl halides is 3. The maximum absolute atomic E-state index is 13.2. The van der Waals surface area contributed by atoms with Crippen LogP contribution in [0.2, 0.25) is 0 Å². The van der Waals surface area contributed by atoms with Crippen LogP contribution in [-0.2, 0) is 6.18 Å². The normalized spacial score (nSPS) is 13.9. The summed E-state index contributed by atoms with van der Waals surface area (Å²) in [7, 11) is 0. The lowest BCUT2D eigenvalue weighted by molar-refractivity contribution is -0.142. The van der Waals surface area contributed by atoms with E-state index in [1.54, 1.807) is 30.5 Å². The lowest BCUT2D eigenvalue weighted by Crippen LogP contribution is -2.44. The van der Waals surface area contributed by atoms with E-state index in [0.29, 0.717) is 28.2 Å². The molecular weight excluding hydrogens is 447 g/mol. The van der Waals surface area contributed by atoms with Gasteiger partial charge in [0.2, 0.25) is 0 Å². The smallest absolute Gasteiger partial charge is 0.353 e. The van der Waals surface area contributed by atoms with Gasteiger partial charge in [-0.15, -0.1) is 5.10 Å². The second-order valence-corrected chi connectivity index (χ2v) is 7.72. The first-order valence-electron chi connectivity index (χ1n) is 10.4. The third kappa shape index (κ3) is 4.82. The van der Waals surface area contributed by atoms with Crippen molar-refractivity contribution in [2.75, 3.05) is 36.4 Å². The highest BCUT2D eigenvalue weighted by Crippen LogP contribution is 2.32. The van der Waals surface area contributed by atoms with Gasteiger partial charge in [-0.3, -0.25) is 4.79 Å². The van der Waals surface area contributed by atoms with Gasteiger partial charge < -0.3 is 15.5 Å². The number of carbonyl (C=O) groups is 1. The Morgan fingerprint density at radius 2 is 1.97 bits per heavy atom. The number of hydrogen-bond donors (Lipinski definition) is 2. The van der Waals surface area contributed by atoms with Crippen molar-refractivity contribution >= 4 is 17.4 Å². The summed E-state index contributed by atoms with van der Waals surface area (Å²) in [4.78, 5) is 19.2. The molecule has 1 aliphatic rings. The second kappa shape index (κ2) is 9.44. The molecule has 1 aliphatic heterocycles. The highest BCUT2D eigenvalue weighted by Gasteiger charge is 2.37. The number of nitrogens with one attached hydrogen (secondary N) is 2. The van der Waals surface area contributed by atoms with Crippen LogP contribution in [0.25, 0.3) is 11.1 Å². The van der Waals surface area contributed by atoms with Crippen LogP contribution in [0.5, 0.6) is 0 Å². The summed E-state index contributed by atoms with van der Waals surface area (Å²) in [6.45, 7) is 4.94. The third-order valence-corrected chi connectivity index (χ3v) is 5.44. The van der Waals surface area contributed by atoms with Gasteiger partial charge in [0.25, 0.3) is 5.91 Å². The molecule has 1 amide bonds. The quantitative estimate of drug-likeness (QED) is 0.606. The molecule has 4 rings (SSSR count). The standard InChI is InChI=1S/C23H20F3N7O/c1-14-2-3-17(31-22(34)18-4-5-30-32-20(18)23(24,25)26)11-19(14)16-10-15(12-27)21(29-13-16)33-8-6-28-7-9-33/h2-5,10-11,13,28H,6-9H2,1H3,(H,31,34). The first-order chi connectivity index (χ1) is 16.3. The molecule has 0 atom stereocenters. The summed E-state index contributed by atoms with van der Waals surface area (Å²) in [5.74, 6) is -0.346. The zero-order chi connectivity index (χ0) is 24.3. The average Bonchev–Trinajstić information content (AvgIpc) is 2.84. The molecule has 3 heterocycles. The number of amides is 1. The molecule has 174 valence electrons. The number of aromatic nitrogens is 3. The molecule has 0 bridgehead atoms. The third-order valence-electron chi connectivity index (χ3n) is 5.44. The summed E-state index contributed by atoms with van der Waals surface area (Å²) < 4.78 is 39.6. The number of nitrogens with zero attached hydrogens (tertiary/aromatic N) is 5. The minimum atomic E-state index is -4.81. The van der Waals surface area contributed by atoms with Gasteiger partial charge in [0.1, 0.15) is 11.9 Å². The molecule has 3 aromatic rings. The molecule has 11 heteroatoms. The van der Waals surface area contributed by atoms with Gasteiger partial charge in [0.15, 0.2) is 5.69 Å². The van der Waals surface area contributed by atoms with Crippen LogP contribution in [0.4, 0.5) is 24.7 Å². The molecule has 0 radical (unpaired) electrons. The first kappa shape index (κ1) is 23.1. The Kier molecular flexibility index (Phi) is 6.43. The van der Waals surface area contributed by atoms with E-state index >= 15 is 0 Å². The first-order valence-corrected chi connectivity index (χ1v) is 10.4. The fourth-order valence-corrected chi connectivity index (χ4v) is 3.75. The van der Waals surface area contributed by atoms with Gasteiger partial charge in [-0.1, -0.05) is 6.07 Å². The summed E-state index contributed by atoms with van der Waals surface area (Å²) in [6.07, 6.45) is -2.13. The van der Waals surface area contributed by atoms with Crippen molar-refractivity contribution in [1.29, 1.82) is 5.26 Å². The van der Waals surface area contributed by atoms with Crippen LogP contribution in [0, 0.1) is 18.3 Å². The Balaban J connectivity index is 1.63. The van der Waals surface area contributed by atoms with Gasteiger partial charge in [-0.25, -0.2) is 4.98 Å². The summed E-state index contributed by atoms with van der Waals surface area (Å²) in [6, 6.07) is 9.86. The zero-order valence-corrected chi connectivity index (χ0v) is 18.1. The number of benzene rings is 1. The highest BCUT2D eigenvalue weighted by atomic mass is 19.4. The molecule has 2 N–H and O–H groups in total. The van der Waals surface area contributed by atoms with Crippen molar-refractivity contribution in [3.63, 3.8) is 0 Å². The number of aryl methyl sites for hydroxylation is 1. The van der Waals surface area contributed by atoms with E-state index in [4.69, 9.17) is 0 Å². The fraction of sp³-hybridized carbons (Fsp3) is 0.261. The molecule has 1 aromatic carbocycles. The maximum Gasteiger partial charge on any atom is 0.435 e. The molecular formula is C23H20F3N7O. The van der Waals surface area contributed by atoms with Crippen molar-refractivity contribution in [2.45, 2.75) is 13.1 Å². The summed E-state index contributed by atoms with van der Waals surface area (Å²) >= 11 is 0. The van der Waals surface area contributed by atoms with Crippen LogP contribution in [0.15, 0.2) is 42.7 Å². The zero-order valence-electron chi connectivity index (χ0n) is 18.1. The van der Waals surface area contributed by atoms with Crippen LogP contribution < -0.4 is 15.5 Å². The molecule has 8 nitrogen and oxygen atoms in total. The van der Waals surface area contributed by atoms with E-state index < -0.39 is 23.3 Å². The van der Waals surface area contributed by atoms with Gasteiger partial charge in [-0.2, -0.15) is 23.5 Å². The second-order valence-electron chi connectivity index (χ2n) is 7.72. The van der Waals surface area contributed by atoms with Gasteiger partial charge in [-0.05, 0) is 42.3 Å². The number of rotatable bonds is 4. The van der Waals surface area contributed by atoms with E-state index in [9.17, 15) is 23.2 Å². The molecule has 0 unspecified atom stereocenters. The topological polar surface area (TPSA) is 107 Å². The van der Waals surface area contributed by atoms with E-state index in [1.807, 2.05) is 11.8 Å². The number of piperazine rings is 1. The lowest BCUT2D eigenvalue weighted by Gasteiger charge is -2.29. The highest BCUT2D eigenvalue weighted by molar-refractivity contribution is 6.05. The Labute approximate surface area is 193 Å². The van der Waals surface area contributed by atoms with Crippen LogP contribution in [-0.4, -0.2) is 47.3 Å². The molecule has 0 spiro atoms. The van der Waals surface area contributed by atoms with Gasteiger partial charge in [0.05, 0.1) is 17.3 Å². The molecule has 0 aliphatic carbocycles. The van der Waals surface area contributed by atoms with Crippen molar-refractivity contribution in [1.82, 2.24) is 20.5 Å². The average molecular weight is 467 g/mol. The Morgan fingerprint density at radius 3 is 2.68 bits per heavy atom. The molecule has 2 aromatic heterocycles. The fourth-order valence-electron chi connectivity index (χ4n) is 3.75. The van der Waals surface area contributed by atoms with Crippen molar-refractivity contribution in [3.05, 3.63) is 65.1 Å². The lowest BCUT2D eigenvalue weighted by atomic mass is 9.99. The monoisotopic (exact) mass is 467 g/mol. The van der Waals surface area contributed by atoms with Crippen molar-refractivity contribution in [3.8, 4) is 17.2 Å². The number of pyridine rings is 1. The minimum Gasteiger partial charge on any atom is -0.353 e. The van der Waals surface area contributed by atoms with E-state index in [0.717, 1.165) is 44.0 Å². The Hall–Kier alpha value is -4.04.